The second-order valence-electron chi connectivity index (χ2n) is 6.80. The normalized spacial score (nSPS) is 11.1. The van der Waals surface area contributed by atoms with Gasteiger partial charge in [-0.3, -0.25) is 9.78 Å². The van der Waals surface area contributed by atoms with Crippen LogP contribution in [0.15, 0.2) is 48.7 Å². The second-order valence-corrected chi connectivity index (χ2v) is 8.00. The highest BCUT2D eigenvalue weighted by Gasteiger charge is 2.14. The molecule has 142 valence electrons. The van der Waals surface area contributed by atoms with Crippen LogP contribution in [-0.2, 0) is 11.2 Å². The number of pyridine rings is 1. The van der Waals surface area contributed by atoms with Crippen molar-refractivity contribution in [2.24, 2.45) is 0 Å². The summed E-state index contributed by atoms with van der Waals surface area (Å²) < 4.78 is 0. The Kier molecular flexibility index (Phi) is 5.21. The van der Waals surface area contributed by atoms with Crippen molar-refractivity contribution in [1.29, 1.82) is 0 Å². The number of rotatable bonds is 6. The number of para-hydroxylation sites is 1. The zero-order valence-electron chi connectivity index (χ0n) is 16.0. The van der Waals surface area contributed by atoms with E-state index in [4.69, 9.17) is 0 Å². The van der Waals surface area contributed by atoms with Crippen LogP contribution in [0.1, 0.15) is 29.0 Å². The van der Waals surface area contributed by atoms with Crippen molar-refractivity contribution in [2.75, 3.05) is 5.32 Å². The van der Waals surface area contributed by atoms with Gasteiger partial charge in [0.2, 0.25) is 5.91 Å². The summed E-state index contributed by atoms with van der Waals surface area (Å²) in [5.74, 6) is 0.00739. The van der Waals surface area contributed by atoms with Crippen molar-refractivity contribution in [3.8, 4) is 11.4 Å². The van der Waals surface area contributed by atoms with Crippen LogP contribution in [0, 0.1) is 13.8 Å². The van der Waals surface area contributed by atoms with Crippen LogP contribution in [0.25, 0.3) is 22.3 Å². The molecule has 0 radical (unpaired) electrons. The number of carbonyl (C=O) groups excluding carboxylic acids is 1. The van der Waals surface area contributed by atoms with Gasteiger partial charge in [0.1, 0.15) is 0 Å². The molecule has 0 saturated carbocycles. The highest BCUT2D eigenvalue weighted by molar-refractivity contribution is 7.15. The number of nitrogens with one attached hydrogen (secondary N) is 2. The first-order valence-corrected chi connectivity index (χ1v) is 10.2. The second kappa shape index (κ2) is 7.94. The number of aromatic amines is 1. The first-order chi connectivity index (χ1) is 13.6. The number of fused-ring (bicyclic) bond motifs is 1. The molecule has 1 aromatic carbocycles. The minimum Gasteiger partial charge on any atom is -0.353 e. The molecule has 4 rings (SSSR count). The van der Waals surface area contributed by atoms with Gasteiger partial charge in [-0.25, -0.2) is 4.98 Å². The third kappa shape index (κ3) is 3.82. The van der Waals surface area contributed by atoms with Crippen LogP contribution >= 0.6 is 11.3 Å². The highest BCUT2D eigenvalue weighted by Crippen LogP contribution is 2.30. The van der Waals surface area contributed by atoms with Crippen LogP contribution in [-0.4, -0.2) is 20.9 Å². The number of amides is 1. The molecule has 0 atom stereocenters. The Hall–Kier alpha value is -2.99. The maximum Gasteiger partial charge on any atom is 0.226 e. The predicted octanol–water partition coefficient (Wildman–Crippen LogP) is 5.26. The summed E-state index contributed by atoms with van der Waals surface area (Å²) in [6, 6.07) is 14.2. The van der Waals surface area contributed by atoms with E-state index >= 15 is 0 Å². The average molecular weight is 391 g/mol. The van der Waals surface area contributed by atoms with Gasteiger partial charge in [0.05, 0.1) is 17.1 Å². The molecule has 0 spiro atoms. The van der Waals surface area contributed by atoms with Crippen LogP contribution < -0.4 is 5.32 Å². The molecule has 0 aliphatic carbocycles. The molecular weight excluding hydrogens is 368 g/mol. The first-order valence-electron chi connectivity index (χ1n) is 9.36. The molecule has 0 aliphatic rings. The zero-order valence-corrected chi connectivity index (χ0v) is 16.8. The van der Waals surface area contributed by atoms with Gasteiger partial charge in [-0.15, -0.1) is 11.3 Å². The van der Waals surface area contributed by atoms with E-state index in [1.807, 2.05) is 44.2 Å². The molecule has 0 aliphatic heterocycles. The Balaban J connectivity index is 1.49. The minimum absolute atomic E-state index is 0.00739. The Morgan fingerprint density at radius 3 is 2.71 bits per heavy atom. The summed E-state index contributed by atoms with van der Waals surface area (Å²) in [6.45, 7) is 3.97. The highest BCUT2D eigenvalue weighted by atomic mass is 32.1. The fourth-order valence-corrected chi connectivity index (χ4v) is 4.15. The van der Waals surface area contributed by atoms with E-state index in [-0.39, 0.29) is 5.91 Å². The van der Waals surface area contributed by atoms with Crippen molar-refractivity contribution in [2.45, 2.75) is 33.1 Å². The molecular formula is C22H22N4OS. The van der Waals surface area contributed by atoms with E-state index in [0.29, 0.717) is 11.6 Å². The van der Waals surface area contributed by atoms with Crippen molar-refractivity contribution in [1.82, 2.24) is 15.0 Å². The molecule has 2 N–H and O–H groups in total. The molecule has 1 amide bonds. The predicted molar refractivity (Wildman–Crippen MR) is 115 cm³/mol. The average Bonchev–Trinajstić information content (AvgIpc) is 3.22. The Labute approximate surface area is 167 Å². The number of benzene rings is 1. The smallest absolute Gasteiger partial charge is 0.226 e. The molecule has 0 saturated heterocycles. The maximum absolute atomic E-state index is 12.3. The lowest BCUT2D eigenvalue weighted by Gasteiger charge is -2.05. The Morgan fingerprint density at radius 2 is 1.96 bits per heavy atom. The van der Waals surface area contributed by atoms with E-state index in [0.717, 1.165) is 40.3 Å². The van der Waals surface area contributed by atoms with Gasteiger partial charge in [0.25, 0.3) is 0 Å². The van der Waals surface area contributed by atoms with Gasteiger partial charge in [0, 0.05) is 28.4 Å². The van der Waals surface area contributed by atoms with Crippen LogP contribution in [0.2, 0.25) is 0 Å². The summed E-state index contributed by atoms with van der Waals surface area (Å²) in [5, 5.41) is 4.79. The molecule has 3 heterocycles. The van der Waals surface area contributed by atoms with Crippen LogP contribution in [0.4, 0.5) is 5.13 Å². The molecule has 3 aromatic heterocycles. The number of anilines is 1. The standard InChI is InChI=1S/C22H22N4OS/c1-14-15(2)28-22(24-14)26-20(27)12-7-9-17-16-8-3-4-10-18(16)25-21(17)19-11-5-6-13-23-19/h3-6,8,10-11,13,25H,7,9,12H2,1-2H3,(H,24,26,27). The molecule has 0 bridgehead atoms. The number of H-pyrrole nitrogens is 1. The van der Waals surface area contributed by atoms with Crippen molar-refractivity contribution in [3.63, 3.8) is 0 Å². The van der Waals surface area contributed by atoms with E-state index in [1.165, 1.54) is 22.3 Å². The quantitative estimate of drug-likeness (QED) is 0.471. The topological polar surface area (TPSA) is 70.7 Å². The van der Waals surface area contributed by atoms with Gasteiger partial charge < -0.3 is 10.3 Å². The number of hydrogen-bond donors (Lipinski definition) is 2. The fourth-order valence-electron chi connectivity index (χ4n) is 3.32. The number of thiazole rings is 1. The number of aromatic nitrogens is 3. The number of nitrogens with zero attached hydrogens (tertiary/aromatic N) is 2. The van der Waals surface area contributed by atoms with E-state index in [1.54, 1.807) is 6.20 Å². The maximum atomic E-state index is 12.3. The SMILES string of the molecule is Cc1nc(NC(=O)CCCc2c(-c3ccccn3)[nH]c3ccccc23)sc1C. The lowest BCUT2D eigenvalue weighted by atomic mass is 10.0. The molecule has 5 nitrogen and oxygen atoms in total. The number of carbonyl (C=O) groups is 1. The van der Waals surface area contributed by atoms with Crippen molar-refractivity contribution < 1.29 is 4.79 Å². The minimum atomic E-state index is 0.00739. The van der Waals surface area contributed by atoms with Crippen molar-refractivity contribution >= 4 is 33.3 Å². The molecule has 6 heteroatoms. The third-order valence-electron chi connectivity index (χ3n) is 4.84. The lowest BCUT2D eigenvalue weighted by Crippen LogP contribution is -2.11. The van der Waals surface area contributed by atoms with Crippen LogP contribution in [0.5, 0.6) is 0 Å². The number of hydrogen-bond acceptors (Lipinski definition) is 4. The van der Waals surface area contributed by atoms with Gasteiger partial charge in [-0.05, 0) is 50.5 Å². The molecule has 0 fully saturated rings. The first kappa shape index (κ1) is 18.4. The lowest BCUT2D eigenvalue weighted by molar-refractivity contribution is -0.116. The van der Waals surface area contributed by atoms with Gasteiger partial charge in [-0.1, -0.05) is 24.3 Å². The zero-order chi connectivity index (χ0) is 19.5. The van der Waals surface area contributed by atoms with E-state index in [9.17, 15) is 4.79 Å². The van der Waals surface area contributed by atoms with Gasteiger partial charge in [0.15, 0.2) is 5.13 Å². The Morgan fingerprint density at radius 1 is 1.14 bits per heavy atom. The number of aryl methyl sites for hydroxylation is 3. The molecule has 4 aromatic rings. The summed E-state index contributed by atoms with van der Waals surface area (Å²) in [4.78, 5) is 25.8. The monoisotopic (exact) mass is 390 g/mol. The molecule has 28 heavy (non-hydrogen) atoms. The van der Waals surface area contributed by atoms with E-state index < -0.39 is 0 Å². The fraction of sp³-hybridized carbons (Fsp3) is 0.227. The molecule has 0 unspecified atom stereocenters. The largest absolute Gasteiger partial charge is 0.353 e. The summed E-state index contributed by atoms with van der Waals surface area (Å²) in [5.41, 5.74) is 5.23. The third-order valence-corrected chi connectivity index (χ3v) is 5.83. The van der Waals surface area contributed by atoms with E-state index in [2.05, 4.69) is 32.4 Å². The van der Waals surface area contributed by atoms with Crippen molar-refractivity contribution in [3.05, 3.63) is 64.8 Å². The summed E-state index contributed by atoms with van der Waals surface area (Å²) in [6.07, 6.45) is 3.82. The van der Waals surface area contributed by atoms with Gasteiger partial charge in [-0.2, -0.15) is 0 Å². The summed E-state index contributed by atoms with van der Waals surface area (Å²) in [7, 11) is 0. The van der Waals surface area contributed by atoms with Gasteiger partial charge >= 0.3 is 0 Å². The Bertz CT molecular complexity index is 1090. The summed E-state index contributed by atoms with van der Waals surface area (Å²) >= 11 is 1.52. The van der Waals surface area contributed by atoms with Crippen LogP contribution in [0.3, 0.4) is 0 Å².